The van der Waals surface area contributed by atoms with Crippen molar-refractivity contribution >= 4 is 0 Å². The summed E-state index contributed by atoms with van der Waals surface area (Å²) in [6, 6.07) is 20.0. The van der Waals surface area contributed by atoms with E-state index in [1.807, 2.05) is 0 Å². The number of nitrogens with one attached hydrogen (secondary N) is 1. The zero-order chi connectivity index (χ0) is 16.7. The predicted octanol–water partition coefficient (Wildman–Crippen LogP) is 5.61. The lowest BCUT2D eigenvalue weighted by Crippen LogP contribution is -2.28. The second-order valence-electron chi connectivity index (χ2n) is 6.76. The van der Waals surface area contributed by atoms with Gasteiger partial charge in [-0.3, -0.25) is 0 Å². The Morgan fingerprint density at radius 1 is 1.00 bits per heavy atom. The third-order valence-electron chi connectivity index (χ3n) is 4.20. The van der Waals surface area contributed by atoms with Crippen molar-refractivity contribution in [3.8, 4) is 0 Å². The van der Waals surface area contributed by atoms with Crippen LogP contribution in [0.25, 0.3) is 0 Å². The maximum atomic E-state index is 3.70. The summed E-state index contributed by atoms with van der Waals surface area (Å²) in [6.45, 7) is 9.72. The second-order valence-corrected chi connectivity index (χ2v) is 6.76. The smallest absolute Gasteiger partial charge is 0.0261 e. The van der Waals surface area contributed by atoms with Crippen LogP contribution in [-0.4, -0.2) is 6.04 Å². The van der Waals surface area contributed by atoms with Crippen molar-refractivity contribution in [1.29, 1.82) is 0 Å². The van der Waals surface area contributed by atoms with Gasteiger partial charge in [0.15, 0.2) is 0 Å². The van der Waals surface area contributed by atoms with E-state index in [9.17, 15) is 0 Å². The van der Waals surface area contributed by atoms with Gasteiger partial charge in [0.2, 0.25) is 0 Å². The lowest BCUT2D eigenvalue weighted by molar-refractivity contribution is 0.512. The lowest BCUT2D eigenvalue weighted by Gasteiger charge is -2.21. The Labute approximate surface area is 141 Å². The molecule has 0 bridgehead atoms. The van der Waals surface area contributed by atoms with Gasteiger partial charge < -0.3 is 5.32 Å². The van der Waals surface area contributed by atoms with Crippen LogP contribution in [0.4, 0.5) is 0 Å². The van der Waals surface area contributed by atoms with E-state index in [4.69, 9.17) is 0 Å². The lowest BCUT2D eigenvalue weighted by atomic mass is 9.92. The first-order chi connectivity index (χ1) is 11.0. The number of benzene rings is 2. The minimum Gasteiger partial charge on any atom is -0.306 e. The summed E-state index contributed by atoms with van der Waals surface area (Å²) in [5.74, 6) is 0.541. The van der Waals surface area contributed by atoms with Gasteiger partial charge in [-0.25, -0.2) is 0 Å². The molecule has 2 unspecified atom stereocenters. The first-order valence-electron chi connectivity index (χ1n) is 8.53. The molecule has 1 N–H and O–H groups in total. The number of hydrogen-bond acceptors (Lipinski definition) is 1. The van der Waals surface area contributed by atoms with Crippen LogP contribution in [0.5, 0.6) is 0 Å². The number of hydrogen-bond donors (Lipinski definition) is 1. The normalized spacial score (nSPS) is 13.4. The molecule has 0 radical (unpaired) electrons. The summed E-state index contributed by atoms with van der Waals surface area (Å²) in [5, 5.41) is 3.70. The van der Waals surface area contributed by atoms with Gasteiger partial charge in [0, 0.05) is 12.6 Å². The van der Waals surface area contributed by atoms with Gasteiger partial charge in [0.1, 0.15) is 0 Å². The van der Waals surface area contributed by atoms with Crippen molar-refractivity contribution in [2.45, 2.75) is 52.6 Å². The Morgan fingerprint density at radius 2 is 1.65 bits per heavy atom. The van der Waals surface area contributed by atoms with E-state index in [-0.39, 0.29) is 0 Å². The fourth-order valence-electron chi connectivity index (χ4n) is 2.87. The summed E-state index contributed by atoms with van der Waals surface area (Å²) in [7, 11) is 0. The molecule has 0 aliphatic heterocycles. The Bertz CT molecular complexity index is 606. The fraction of sp³-hybridized carbons (Fsp3) is 0.364. The molecule has 0 amide bonds. The Hall–Kier alpha value is -1.86. The maximum Gasteiger partial charge on any atom is 0.0261 e. The zero-order valence-electron chi connectivity index (χ0n) is 14.8. The van der Waals surface area contributed by atoms with E-state index in [0.29, 0.717) is 12.0 Å². The third kappa shape index (κ3) is 6.03. The zero-order valence-corrected chi connectivity index (χ0v) is 14.8. The third-order valence-corrected chi connectivity index (χ3v) is 4.20. The van der Waals surface area contributed by atoms with E-state index in [0.717, 1.165) is 13.0 Å². The van der Waals surface area contributed by atoms with Crippen molar-refractivity contribution in [2.24, 2.45) is 0 Å². The van der Waals surface area contributed by atoms with Crippen molar-refractivity contribution < 1.29 is 0 Å². The summed E-state index contributed by atoms with van der Waals surface area (Å²) in [5.41, 5.74) is 5.45. The summed E-state index contributed by atoms with van der Waals surface area (Å²) >= 11 is 0. The molecule has 0 saturated carbocycles. The molecule has 0 fully saturated rings. The monoisotopic (exact) mass is 307 g/mol. The van der Waals surface area contributed by atoms with E-state index in [2.05, 4.69) is 93.7 Å². The molecule has 2 atom stereocenters. The van der Waals surface area contributed by atoms with Crippen LogP contribution in [0.3, 0.4) is 0 Å². The molecule has 1 heteroatoms. The summed E-state index contributed by atoms with van der Waals surface area (Å²) in [4.78, 5) is 0. The highest BCUT2D eigenvalue weighted by Crippen LogP contribution is 2.22. The molecular formula is C22H29N. The SMILES string of the molecule is CC(C)=CC(CC(C)c1ccc(C)cc1)NCc1ccccc1. The first kappa shape index (κ1) is 17.5. The van der Waals surface area contributed by atoms with Gasteiger partial charge >= 0.3 is 0 Å². The molecule has 0 heterocycles. The van der Waals surface area contributed by atoms with Crippen molar-refractivity contribution in [1.82, 2.24) is 5.32 Å². The molecule has 122 valence electrons. The van der Waals surface area contributed by atoms with Gasteiger partial charge in [-0.2, -0.15) is 0 Å². The summed E-state index contributed by atoms with van der Waals surface area (Å²) < 4.78 is 0. The van der Waals surface area contributed by atoms with Gasteiger partial charge in [-0.1, -0.05) is 78.7 Å². The van der Waals surface area contributed by atoms with Crippen LogP contribution in [0, 0.1) is 6.92 Å². The van der Waals surface area contributed by atoms with Crippen LogP contribution in [0.15, 0.2) is 66.2 Å². The topological polar surface area (TPSA) is 12.0 Å². The van der Waals surface area contributed by atoms with Crippen LogP contribution in [0.2, 0.25) is 0 Å². The van der Waals surface area contributed by atoms with Crippen LogP contribution < -0.4 is 5.32 Å². The fourth-order valence-corrected chi connectivity index (χ4v) is 2.87. The molecule has 2 aromatic carbocycles. The highest BCUT2D eigenvalue weighted by atomic mass is 14.9. The van der Waals surface area contributed by atoms with Gasteiger partial charge in [-0.05, 0) is 44.2 Å². The van der Waals surface area contributed by atoms with Crippen LogP contribution in [0.1, 0.15) is 49.8 Å². The average molecular weight is 307 g/mol. The van der Waals surface area contributed by atoms with Gasteiger partial charge in [0.25, 0.3) is 0 Å². The number of aryl methyl sites for hydroxylation is 1. The second kappa shape index (κ2) is 8.69. The molecule has 0 aliphatic carbocycles. The molecule has 0 aliphatic rings. The molecule has 0 saturated heterocycles. The highest BCUT2D eigenvalue weighted by Gasteiger charge is 2.12. The average Bonchev–Trinajstić information content (AvgIpc) is 2.53. The van der Waals surface area contributed by atoms with Gasteiger partial charge in [0.05, 0.1) is 0 Å². The molecule has 0 aromatic heterocycles. The quantitative estimate of drug-likeness (QED) is 0.655. The number of allylic oxidation sites excluding steroid dienone is 1. The minimum atomic E-state index is 0.400. The summed E-state index contributed by atoms with van der Waals surface area (Å²) in [6.07, 6.45) is 3.47. The van der Waals surface area contributed by atoms with E-state index < -0.39 is 0 Å². The standard InChI is InChI=1S/C22H29N/c1-17(2)14-22(23-16-20-8-6-5-7-9-20)15-19(4)21-12-10-18(3)11-13-21/h5-14,19,22-23H,15-16H2,1-4H3. The molecular weight excluding hydrogens is 278 g/mol. The Kier molecular flexibility index (Phi) is 6.61. The first-order valence-corrected chi connectivity index (χ1v) is 8.53. The molecule has 2 rings (SSSR count). The van der Waals surface area contributed by atoms with E-state index >= 15 is 0 Å². The Morgan fingerprint density at radius 3 is 2.26 bits per heavy atom. The van der Waals surface area contributed by atoms with Crippen molar-refractivity contribution in [3.05, 3.63) is 82.9 Å². The largest absolute Gasteiger partial charge is 0.306 e. The maximum absolute atomic E-state index is 3.70. The highest BCUT2D eigenvalue weighted by molar-refractivity contribution is 5.24. The minimum absolute atomic E-state index is 0.400. The Balaban J connectivity index is 2.00. The predicted molar refractivity (Wildman–Crippen MR) is 101 cm³/mol. The molecule has 0 spiro atoms. The molecule has 23 heavy (non-hydrogen) atoms. The van der Waals surface area contributed by atoms with Crippen LogP contribution in [-0.2, 0) is 6.54 Å². The van der Waals surface area contributed by atoms with E-state index in [1.54, 1.807) is 0 Å². The van der Waals surface area contributed by atoms with Crippen molar-refractivity contribution in [2.75, 3.05) is 0 Å². The molecule has 1 nitrogen and oxygen atoms in total. The van der Waals surface area contributed by atoms with Gasteiger partial charge in [-0.15, -0.1) is 0 Å². The van der Waals surface area contributed by atoms with E-state index in [1.165, 1.54) is 22.3 Å². The van der Waals surface area contributed by atoms with Crippen LogP contribution >= 0.6 is 0 Å². The number of rotatable bonds is 7. The molecule has 2 aromatic rings. The van der Waals surface area contributed by atoms with Crippen molar-refractivity contribution in [3.63, 3.8) is 0 Å².